The molecule has 2 rings (SSSR count). The van der Waals surface area contributed by atoms with Crippen LogP contribution in [0.5, 0.6) is 0 Å². The summed E-state index contributed by atoms with van der Waals surface area (Å²) >= 11 is 6.90. The standard InChI is InChI=1S/C18H26N2OS2/c1-14(2)12-16(15-8-4-3-5-9-15)19-17(21)13-23-18(22)20-10-6-7-11-20/h3-5,8-9,14,16H,6-7,10-13H2,1-2H3,(H,19,21). The van der Waals surface area contributed by atoms with E-state index < -0.39 is 0 Å². The molecule has 5 heteroatoms. The molecule has 1 aliphatic rings. The monoisotopic (exact) mass is 350 g/mol. The largest absolute Gasteiger partial charge is 0.358 e. The molecule has 0 bridgehead atoms. The van der Waals surface area contributed by atoms with Gasteiger partial charge in [0.25, 0.3) is 0 Å². The van der Waals surface area contributed by atoms with Crippen molar-refractivity contribution in [3.8, 4) is 0 Å². The Balaban J connectivity index is 1.86. The van der Waals surface area contributed by atoms with Crippen molar-refractivity contribution in [3.05, 3.63) is 35.9 Å². The van der Waals surface area contributed by atoms with Crippen LogP contribution in [0.25, 0.3) is 0 Å². The van der Waals surface area contributed by atoms with Gasteiger partial charge in [0.15, 0.2) is 0 Å². The van der Waals surface area contributed by atoms with E-state index in [4.69, 9.17) is 12.2 Å². The summed E-state index contributed by atoms with van der Waals surface area (Å²) in [6.07, 6.45) is 3.35. The lowest BCUT2D eigenvalue weighted by Gasteiger charge is -2.22. The van der Waals surface area contributed by atoms with Gasteiger partial charge in [-0.15, -0.1) is 0 Å². The molecule has 1 atom stereocenters. The van der Waals surface area contributed by atoms with E-state index in [2.05, 4.69) is 36.2 Å². The van der Waals surface area contributed by atoms with E-state index in [0.29, 0.717) is 11.7 Å². The molecule has 0 spiro atoms. The highest BCUT2D eigenvalue weighted by Gasteiger charge is 2.19. The molecule has 1 fully saturated rings. The van der Waals surface area contributed by atoms with E-state index in [1.54, 1.807) is 0 Å². The third kappa shape index (κ3) is 6.15. The summed E-state index contributed by atoms with van der Waals surface area (Å²) in [4.78, 5) is 14.5. The van der Waals surface area contributed by atoms with Crippen LogP contribution in [-0.2, 0) is 4.79 Å². The Hall–Kier alpha value is -1.07. The third-order valence-electron chi connectivity index (χ3n) is 3.94. The van der Waals surface area contributed by atoms with Gasteiger partial charge in [0.2, 0.25) is 5.91 Å². The van der Waals surface area contributed by atoms with Crippen LogP contribution >= 0.6 is 24.0 Å². The zero-order chi connectivity index (χ0) is 16.7. The number of carbonyl (C=O) groups is 1. The number of hydrogen-bond donors (Lipinski definition) is 1. The van der Waals surface area contributed by atoms with E-state index in [1.165, 1.54) is 30.2 Å². The fourth-order valence-corrected chi connectivity index (χ4v) is 3.85. The van der Waals surface area contributed by atoms with E-state index >= 15 is 0 Å². The van der Waals surface area contributed by atoms with Gasteiger partial charge >= 0.3 is 0 Å². The molecule has 1 aromatic rings. The Morgan fingerprint density at radius 3 is 2.52 bits per heavy atom. The topological polar surface area (TPSA) is 32.3 Å². The number of benzene rings is 1. The van der Waals surface area contributed by atoms with Crippen molar-refractivity contribution in [2.45, 2.75) is 39.2 Å². The van der Waals surface area contributed by atoms with Gasteiger partial charge in [-0.1, -0.05) is 68.2 Å². The fraction of sp³-hybridized carbons (Fsp3) is 0.556. The minimum absolute atomic E-state index is 0.0612. The summed E-state index contributed by atoms with van der Waals surface area (Å²) < 4.78 is 0.859. The first-order valence-corrected chi connectivity index (χ1v) is 9.71. The molecule has 1 saturated heterocycles. The second kappa shape index (κ2) is 9.28. The predicted octanol–water partition coefficient (Wildman–Crippen LogP) is 4.00. The van der Waals surface area contributed by atoms with Crippen LogP contribution in [-0.4, -0.2) is 34.0 Å². The lowest BCUT2D eigenvalue weighted by molar-refractivity contribution is -0.119. The zero-order valence-electron chi connectivity index (χ0n) is 14.0. The van der Waals surface area contributed by atoms with Gasteiger partial charge in [0.1, 0.15) is 4.32 Å². The van der Waals surface area contributed by atoms with E-state index in [9.17, 15) is 4.79 Å². The molecule has 1 aromatic carbocycles. The van der Waals surface area contributed by atoms with Gasteiger partial charge in [0, 0.05) is 13.1 Å². The van der Waals surface area contributed by atoms with Crippen LogP contribution in [0.4, 0.5) is 0 Å². The molecule has 126 valence electrons. The summed E-state index contributed by atoms with van der Waals surface area (Å²) in [6.45, 7) is 6.43. The SMILES string of the molecule is CC(C)CC(NC(=O)CSC(=S)N1CCCC1)c1ccccc1. The molecule has 1 amide bonds. The zero-order valence-corrected chi connectivity index (χ0v) is 15.6. The maximum absolute atomic E-state index is 12.3. The minimum atomic E-state index is 0.0612. The Kier molecular flexibility index (Phi) is 7.37. The molecule has 23 heavy (non-hydrogen) atoms. The van der Waals surface area contributed by atoms with Crippen molar-refractivity contribution in [2.75, 3.05) is 18.8 Å². The minimum Gasteiger partial charge on any atom is -0.358 e. The summed E-state index contributed by atoms with van der Waals surface area (Å²) in [5, 5.41) is 3.17. The van der Waals surface area contributed by atoms with Gasteiger partial charge < -0.3 is 10.2 Å². The van der Waals surface area contributed by atoms with Crippen LogP contribution in [0.2, 0.25) is 0 Å². The van der Waals surface area contributed by atoms with Crippen LogP contribution in [0, 0.1) is 5.92 Å². The highest BCUT2D eigenvalue weighted by molar-refractivity contribution is 8.23. The smallest absolute Gasteiger partial charge is 0.230 e. The van der Waals surface area contributed by atoms with Gasteiger partial charge in [-0.05, 0) is 30.7 Å². The van der Waals surface area contributed by atoms with Crippen LogP contribution in [0.1, 0.15) is 44.7 Å². The number of hydrogen-bond acceptors (Lipinski definition) is 3. The molecule has 3 nitrogen and oxygen atoms in total. The molecular weight excluding hydrogens is 324 g/mol. The van der Waals surface area contributed by atoms with Crippen LogP contribution in [0.15, 0.2) is 30.3 Å². The van der Waals surface area contributed by atoms with Gasteiger partial charge in [-0.2, -0.15) is 0 Å². The second-order valence-corrected chi connectivity index (χ2v) is 8.02. The average Bonchev–Trinajstić information content (AvgIpc) is 3.07. The van der Waals surface area contributed by atoms with Gasteiger partial charge in [-0.25, -0.2) is 0 Å². The van der Waals surface area contributed by atoms with E-state index in [1.807, 2.05) is 18.2 Å². The van der Waals surface area contributed by atoms with Crippen LogP contribution in [0.3, 0.4) is 0 Å². The summed E-state index contributed by atoms with van der Waals surface area (Å²) in [5.41, 5.74) is 1.17. The van der Waals surface area contributed by atoms with Gasteiger partial charge in [0.05, 0.1) is 11.8 Å². The maximum atomic E-state index is 12.3. The quantitative estimate of drug-likeness (QED) is 0.786. The van der Waals surface area contributed by atoms with Crippen molar-refractivity contribution in [1.82, 2.24) is 10.2 Å². The molecule has 1 N–H and O–H groups in total. The molecule has 1 unspecified atom stereocenters. The van der Waals surface area contributed by atoms with Crippen molar-refractivity contribution in [2.24, 2.45) is 5.92 Å². The summed E-state index contributed by atoms with van der Waals surface area (Å²) in [6, 6.07) is 10.3. The highest BCUT2D eigenvalue weighted by atomic mass is 32.2. The number of amides is 1. The normalized spacial score (nSPS) is 15.7. The number of carbonyl (C=O) groups excluding carboxylic acids is 1. The molecule has 0 radical (unpaired) electrons. The lowest BCUT2D eigenvalue weighted by Crippen LogP contribution is -2.32. The second-order valence-electron chi connectivity index (χ2n) is 6.41. The van der Waals surface area contributed by atoms with Crippen molar-refractivity contribution >= 4 is 34.2 Å². The Morgan fingerprint density at radius 2 is 1.91 bits per heavy atom. The summed E-state index contributed by atoms with van der Waals surface area (Å²) in [7, 11) is 0. The Bertz CT molecular complexity index is 513. The number of nitrogens with zero attached hydrogens (tertiary/aromatic N) is 1. The number of rotatable bonds is 6. The van der Waals surface area contributed by atoms with Crippen molar-refractivity contribution in [3.63, 3.8) is 0 Å². The van der Waals surface area contributed by atoms with Gasteiger partial charge in [-0.3, -0.25) is 4.79 Å². The number of likely N-dealkylation sites (tertiary alicyclic amines) is 1. The third-order valence-corrected chi connectivity index (χ3v) is 5.46. The molecule has 0 aromatic heterocycles. The first-order valence-electron chi connectivity index (χ1n) is 8.32. The first kappa shape index (κ1) is 18.3. The van der Waals surface area contributed by atoms with E-state index in [-0.39, 0.29) is 11.9 Å². The molecule has 1 heterocycles. The number of thioether (sulfide) groups is 1. The average molecular weight is 351 g/mol. The van der Waals surface area contributed by atoms with Crippen molar-refractivity contribution in [1.29, 1.82) is 0 Å². The molecular formula is C18H26N2OS2. The van der Waals surface area contributed by atoms with E-state index in [0.717, 1.165) is 23.8 Å². The lowest BCUT2D eigenvalue weighted by atomic mass is 9.97. The highest BCUT2D eigenvalue weighted by Crippen LogP contribution is 2.22. The Morgan fingerprint density at radius 1 is 1.26 bits per heavy atom. The molecule has 1 aliphatic heterocycles. The molecule has 0 aliphatic carbocycles. The summed E-state index contributed by atoms with van der Waals surface area (Å²) in [5.74, 6) is 0.987. The number of thiocarbonyl (C=S) groups is 1. The Labute approximate surface area is 149 Å². The van der Waals surface area contributed by atoms with Crippen LogP contribution < -0.4 is 5.32 Å². The number of nitrogens with one attached hydrogen (secondary N) is 1. The van der Waals surface area contributed by atoms with Crippen molar-refractivity contribution < 1.29 is 4.79 Å². The maximum Gasteiger partial charge on any atom is 0.230 e. The predicted molar refractivity (Wildman–Crippen MR) is 103 cm³/mol. The fourth-order valence-electron chi connectivity index (χ4n) is 2.79. The molecule has 0 saturated carbocycles. The first-order chi connectivity index (χ1) is 11.1.